The lowest BCUT2D eigenvalue weighted by molar-refractivity contribution is 1.17. The predicted octanol–water partition coefficient (Wildman–Crippen LogP) is 0.547. The van der Waals surface area contributed by atoms with Crippen LogP contribution in [0.1, 0.15) is 0 Å². The molecule has 0 unspecified atom stereocenters. The number of nitrogens with zero attached hydrogens (tertiary/aromatic N) is 1. The second kappa shape index (κ2) is 3.02. The normalized spacial score (nSPS) is 10.4. The van der Waals surface area contributed by atoms with Crippen LogP contribution in [0, 0.1) is 0 Å². The summed E-state index contributed by atoms with van der Waals surface area (Å²) in [6, 6.07) is 3.50. The van der Waals surface area contributed by atoms with E-state index in [1.807, 2.05) is 0 Å². The van der Waals surface area contributed by atoms with E-state index in [0.717, 1.165) is 5.52 Å². The molecule has 0 atom stereocenters. The van der Waals surface area contributed by atoms with Crippen LogP contribution in [0.2, 0.25) is 0 Å². The predicted molar refractivity (Wildman–Crippen MR) is 56.3 cm³/mol. The van der Waals surface area contributed by atoms with E-state index in [4.69, 9.17) is 5.73 Å². The lowest BCUT2D eigenvalue weighted by Gasteiger charge is -2.07. The zero-order valence-electron chi connectivity index (χ0n) is 7.66. The minimum atomic E-state index is -0.282. The molecular weight excluding hydrogens is 180 g/mol. The van der Waals surface area contributed by atoms with Gasteiger partial charge in [-0.15, -0.1) is 0 Å². The van der Waals surface area contributed by atoms with Crippen LogP contribution in [0.5, 0.6) is 0 Å². The Morgan fingerprint density at radius 1 is 1.50 bits per heavy atom. The molecule has 0 bridgehead atoms. The van der Waals surface area contributed by atoms with Crippen LogP contribution in [0.15, 0.2) is 23.3 Å². The van der Waals surface area contributed by atoms with Gasteiger partial charge in [0.1, 0.15) is 0 Å². The third kappa shape index (κ3) is 1.10. The molecule has 1 aromatic heterocycles. The van der Waals surface area contributed by atoms with Gasteiger partial charge in [0.2, 0.25) is 0 Å². The summed E-state index contributed by atoms with van der Waals surface area (Å²) < 4.78 is 0. The van der Waals surface area contributed by atoms with Crippen molar-refractivity contribution >= 4 is 22.3 Å². The van der Waals surface area contributed by atoms with Crippen molar-refractivity contribution in [1.82, 2.24) is 9.97 Å². The third-order valence-electron chi connectivity index (χ3n) is 2.10. The maximum atomic E-state index is 11.5. The van der Waals surface area contributed by atoms with E-state index in [1.165, 1.54) is 6.33 Å². The number of aromatic amines is 1. The fourth-order valence-electron chi connectivity index (χ4n) is 1.46. The first-order valence-corrected chi connectivity index (χ1v) is 4.17. The van der Waals surface area contributed by atoms with E-state index in [2.05, 4.69) is 15.3 Å². The van der Waals surface area contributed by atoms with Crippen molar-refractivity contribution in [3.63, 3.8) is 0 Å². The van der Waals surface area contributed by atoms with E-state index in [0.29, 0.717) is 16.8 Å². The fourth-order valence-corrected chi connectivity index (χ4v) is 1.46. The number of benzene rings is 1. The second-order valence-electron chi connectivity index (χ2n) is 2.91. The maximum Gasteiger partial charge on any atom is 0.282 e. The monoisotopic (exact) mass is 190 g/mol. The topological polar surface area (TPSA) is 83.8 Å². The van der Waals surface area contributed by atoms with Crippen molar-refractivity contribution in [1.29, 1.82) is 0 Å². The molecule has 0 aliphatic rings. The molecule has 72 valence electrons. The summed E-state index contributed by atoms with van der Waals surface area (Å²) in [7, 11) is 1.72. The van der Waals surface area contributed by atoms with Crippen LogP contribution in [-0.4, -0.2) is 17.0 Å². The smallest absolute Gasteiger partial charge is 0.282 e. The summed E-state index contributed by atoms with van der Waals surface area (Å²) in [5.41, 5.74) is 7.33. The van der Waals surface area contributed by atoms with Gasteiger partial charge in [-0.2, -0.15) is 4.98 Å². The van der Waals surface area contributed by atoms with Gasteiger partial charge in [0.15, 0.2) is 0 Å². The molecule has 14 heavy (non-hydrogen) atoms. The molecule has 2 aromatic rings. The summed E-state index contributed by atoms with van der Waals surface area (Å²) in [4.78, 5) is 18.0. The second-order valence-corrected chi connectivity index (χ2v) is 2.91. The third-order valence-corrected chi connectivity index (χ3v) is 2.10. The van der Waals surface area contributed by atoms with Crippen molar-refractivity contribution in [2.45, 2.75) is 0 Å². The first-order valence-electron chi connectivity index (χ1n) is 4.17. The number of nitrogens with one attached hydrogen (secondary N) is 2. The van der Waals surface area contributed by atoms with Gasteiger partial charge in [-0.3, -0.25) is 4.79 Å². The molecule has 0 aliphatic heterocycles. The Morgan fingerprint density at radius 3 is 3.00 bits per heavy atom. The quantitative estimate of drug-likeness (QED) is 0.573. The number of hydrogen-bond acceptors (Lipinski definition) is 4. The van der Waals surface area contributed by atoms with Gasteiger partial charge in [-0.05, 0) is 12.1 Å². The van der Waals surface area contributed by atoms with Gasteiger partial charge in [-0.1, -0.05) is 0 Å². The number of H-pyrrole nitrogens is 1. The van der Waals surface area contributed by atoms with Crippen molar-refractivity contribution < 1.29 is 0 Å². The van der Waals surface area contributed by atoms with Crippen LogP contribution in [0.3, 0.4) is 0 Å². The summed E-state index contributed by atoms with van der Waals surface area (Å²) in [6.45, 7) is 0. The summed E-state index contributed by atoms with van der Waals surface area (Å²) >= 11 is 0. The van der Waals surface area contributed by atoms with Crippen LogP contribution < -0.4 is 16.6 Å². The van der Waals surface area contributed by atoms with Crippen molar-refractivity contribution in [2.75, 3.05) is 18.1 Å². The Hall–Kier alpha value is -2.04. The first-order chi connectivity index (χ1) is 6.74. The molecule has 0 spiro atoms. The van der Waals surface area contributed by atoms with Gasteiger partial charge < -0.3 is 16.0 Å². The van der Waals surface area contributed by atoms with Crippen LogP contribution in [0.25, 0.3) is 10.9 Å². The zero-order chi connectivity index (χ0) is 10.1. The number of aromatic nitrogens is 2. The highest BCUT2D eigenvalue weighted by atomic mass is 16.1. The molecule has 0 saturated heterocycles. The minimum Gasteiger partial charge on any atom is -0.397 e. The molecule has 1 aromatic carbocycles. The Kier molecular flexibility index (Phi) is 1.85. The van der Waals surface area contributed by atoms with Gasteiger partial charge >= 0.3 is 0 Å². The number of nitrogen functional groups attached to an aromatic ring is 1. The van der Waals surface area contributed by atoms with Gasteiger partial charge in [0.05, 0.1) is 28.6 Å². The van der Waals surface area contributed by atoms with E-state index < -0.39 is 0 Å². The molecule has 0 radical (unpaired) electrons. The van der Waals surface area contributed by atoms with Crippen LogP contribution in [0.4, 0.5) is 11.4 Å². The standard InChI is InChI=1S/C9H10N4O/c1-11-8-5(10)2-3-6-7(8)9(14)13-4-12-6/h2-4,11H,10H2,1H3,(H,12,13,14). The summed E-state index contributed by atoms with van der Waals surface area (Å²) in [5, 5.41) is 3.39. The highest BCUT2D eigenvalue weighted by molar-refractivity contribution is 5.96. The number of nitrogens with two attached hydrogens (primary N) is 1. The number of rotatable bonds is 1. The Labute approximate surface area is 80.0 Å². The summed E-state index contributed by atoms with van der Waals surface area (Å²) in [6.07, 6.45) is 1.38. The Balaban J connectivity index is 2.99. The molecule has 5 nitrogen and oxygen atoms in total. The molecule has 5 heteroatoms. The number of anilines is 2. The molecule has 2 rings (SSSR count). The van der Waals surface area contributed by atoms with Gasteiger partial charge in [0, 0.05) is 7.05 Å². The molecule has 0 saturated carbocycles. The van der Waals surface area contributed by atoms with Gasteiger partial charge in [0.25, 0.3) is 5.56 Å². The Bertz CT molecular complexity index is 532. The molecule has 0 aliphatic carbocycles. The number of hydrogen-bond donors (Lipinski definition) is 3. The average Bonchev–Trinajstić information content (AvgIpc) is 2.19. The SMILES string of the molecule is CNc1c(N)ccc2[nH]cnc(=O)c12. The minimum absolute atomic E-state index is 0.282. The zero-order valence-corrected chi connectivity index (χ0v) is 7.66. The molecular formula is C9H10N4O. The van der Waals surface area contributed by atoms with Crippen LogP contribution in [-0.2, 0) is 0 Å². The molecule has 0 amide bonds. The lowest BCUT2D eigenvalue weighted by atomic mass is 10.2. The van der Waals surface area contributed by atoms with Crippen molar-refractivity contribution in [3.8, 4) is 0 Å². The Morgan fingerprint density at radius 2 is 2.29 bits per heavy atom. The number of fused-ring (bicyclic) bond motifs is 1. The molecule has 4 N–H and O–H groups in total. The average molecular weight is 190 g/mol. The van der Waals surface area contributed by atoms with Gasteiger partial charge in [-0.25, -0.2) is 0 Å². The lowest BCUT2D eigenvalue weighted by Crippen LogP contribution is -2.10. The summed E-state index contributed by atoms with van der Waals surface area (Å²) in [5.74, 6) is 0. The first kappa shape index (κ1) is 8.55. The van der Waals surface area contributed by atoms with E-state index >= 15 is 0 Å². The molecule has 0 fully saturated rings. The maximum absolute atomic E-state index is 11.5. The largest absolute Gasteiger partial charge is 0.397 e. The van der Waals surface area contributed by atoms with Crippen LogP contribution >= 0.6 is 0 Å². The van der Waals surface area contributed by atoms with Crippen molar-refractivity contribution in [2.24, 2.45) is 0 Å². The van der Waals surface area contributed by atoms with E-state index in [-0.39, 0.29) is 5.56 Å². The fraction of sp³-hybridized carbons (Fsp3) is 0.111. The highest BCUT2D eigenvalue weighted by Gasteiger charge is 2.07. The van der Waals surface area contributed by atoms with E-state index in [1.54, 1.807) is 19.2 Å². The van der Waals surface area contributed by atoms with E-state index in [9.17, 15) is 4.79 Å². The molecule has 1 heterocycles. The van der Waals surface area contributed by atoms with Crippen molar-refractivity contribution in [3.05, 3.63) is 28.8 Å². The highest BCUT2D eigenvalue weighted by Crippen LogP contribution is 2.24.